The lowest BCUT2D eigenvalue weighted by atomic mass is 10.1. The smallest absolute Gasteiger partial charge is 0.224 e. The van der Waals surface area contributed by atoms with Gasteiger partial charge >= 0.3 is 0 Å². The highest BCUT2D eigenvalue weighted by molar-refractivity contribution is 7.80. The lowest BCUT2D eigenvalue weighted by Gasteiger charge is -2.07. The number of carbonyl (C=O) groups excluding carboxylic acids is 1. The van der Waals surface area contributed by atoms with Gasteiger partial charge in [-0.15, -0.1) is 0 Å². The average molecular weight is 300 g/mol. The summed E-state index contributed by atoms with van der Waals surface area (Å²) >= 11 is 4.88. The van der Waals surface area contributed by atoms with Gasteiger partial charge in [0.15, 0.2) is 0 Å². The first-order chi connectivity index (χ1) is 10.0. The summed E-state index contributed by atoms with van der Waals surface area (Å²) in [6.45, 7) is 0.440. The first-order valence-corrected chi connectivity index (χ1v) is 6.89. The second kappa shape index (κ2) is 6.85. The largest absolute Gasteiger partial charge is 0.508 e. The molecule has 2 rings (SSSR count). The third-order valence-corrected chi connectivity index (χ3v) is 3.24. The molecule has 0 aliphatic heterocycles. The van der Waals surface area contributed by atoms with E-state index in [1.54, 1.807) is 24.3 Å². The number of benzene rings is 2. The van der Waals surface area contributed by atoms with Crippen molar-refractivity contribution in [1.29, 1.82) is 0 Å². The van der Waals surface area contributed by atoms with E-state index in [4.69, 9.17) is 18.0 Å². The Morgan fingerprint density at radius 2 is 1.86 bits per heavy atom. The average Bonchev–Trinajstić information content (AvgIpc) is 2.45. The number of hydrogen-bond donors (Lipinski definition) is 3. The Bertz CT molecular complexity index is 654. The lowest BCUT2D eigenvalue weighted by Crippen LogP contribution is -2.24. The van der Waals surface area contributed by atoms with E-state index in [0.717, 1.165) is 16.7 Å². The summed E-state index contributed by atoms with van der Waals surface area (Å²) in [4.78, 5) is 12.2. The summed E-state index contributed by atoms with van der Waals surface area (Å²) in [7, 11) is 0. The van der Waals surface area contributed by atoms with Crippen LogP contribution in [-0.4, -0.2) is 16.0 Å². The summed E-state index contributed by atoms with van der Waals surface area (Å²) in [5.41, 5.74) is 8.08. The van der Waals surface area contributed by atoms with E-state index in [1.807, 2.05) is 24.3 Å². The van der Waals surface area contributed by atoms with Crippen LogP contribution >= 0.6 is 12.2 Å². The van der Waals surface area contributed by atoms with Gasteiger partial charge in [0.1, 0.15) is 10.7 Å². The van der Waals surface area contributed by atoms with Gasteiger partial charge in [0.2, 0.25) is 5.91 Å². The summed E-state index contributed by atoms with van der Waals surface area (Å²) in [5.74, 6) is 0.0627. The predicted octanol–water partition coefficient (Wildman–Crippen LogP) is 1.89. The van der Waals surface area contributed by atoms with Crippen molar-refractivity contribution in [2.45, 2.75) is 13.0 Å². The van der Waals surface area contributed by atoms with E-state index >= 15 is 0 Å². The van der Waals surface area contributed by atoms with Crippen LogP contribution in [0.4, 0.5) is 0 Å². The molecule has 0 spiro atoms. The second-order valence-electron chi connectivity index (χ2n) is 4.68. The standard InChI is InChI=1S/C16H16N2O2S/c17-16(21)13-6-4-11(5-7-13)10-18-15(20)9-12-2-1-3-14(19)8-12/h1-8,19H,9-10H2,(H2,17,21)(H,18,20). The number of phenols is 1. The third kappa shape index (κ3) is 4.57. The maximum absolute atomic E-state index is 11.8. The van der Waals surface area contributed by atoms with Crippen LogP contribution < -0.4 is 11.1 Å². The van der Waals surface area contributed by atoms with Gasteiger partial charge in [-0.1, -0.05) is 48.6 Å². The molecule has 0 saturated heterocycles. The SMILES string of the molecule is NC(=S)c1ccc(CNC(=O)Cc2cccc(O)c2)cc1. The molecule has 0 saturated carbocycles. The van der Waals surface area contributed by atoms with Gasteiger partial charge in [-0.3, -0.25) is 4.79 Å². The number of amides is 1. The van der Waals surface area contributed by atoms with Crippen LogP contribution in [0.5, 0.6) is 5.75 Å². The normalized spacial score (nSPS) is 10.1. The quantitative estimate of drug-likeness (QED) is 0.737. The number of nitrogens with two attached hydrogens (primary N) is 1. The molecular weight excluding hydrogens is 284 g/mol. The van der Waals surface area contributed by atoms with E-state index in [2.05, 4.69) is 5.32 Å². The molecule has 0 bridgehead atoms. The molecule has 4 N–H and O–H groups in total. The summed E-state index contributed by atoms with van der Waals surface area (Å²) < 4.78 is 0. The number of phenolic OH excluding ortho intramolecular Hbond substituents is 1. The topological polar surface area (TPSA) is 75.3 Å². The van der Waals surface area contributed by atoms with Crippen LogP contribution in [0.1, 0.15) is 16.7 Å². The van der Waals surface area contributed by atoms with Crippen molar-refractivity contribution >= 4 is 23.1 Å². The highest BCUT2D eigenvalue weighted by atomic mass is 32.1. The maximum atomic E-state index is 11.8. The van der Waals surface area contributed by atoms with Gasteiger partial charge < -0.3 is 16.2 Å². The minimum Gasteiger partial charge on any atom is -0.508 e. The maximum Gasteiger partial charge on any atom is 0.224 e. The van der Waals surface area contributed by atoms with Crippen LogP contribution in [-0.2, 0) is 17.8 Å². The molecule has 0 atom stereocenters. The summed E-state index contributed by atoms with van der Waals surface area (Å²) in [6.07, 6.45) is 0.235. The molecule has 0 aliphatic rings. The molecule has 4 nitrogen and oxygen atoms in total. The van der Waals surface area contributed by atoms with Gasteiger partial charge in [-0.2, -0.15) is 0 Å². The molecule has 21 heavy (non-hydrogen) atoms. The molecule has 0 unspecified atom stereocenters. The predicted molar refractivity (Wildman–Crippen MR) is 86.0 cm³/mol. The van der Waals surface area contributed by atoms with Crippen LogP contribution in [0.25, 0.3) is 0 Å². The lowest BCUT2D eigenvalue weighted by molar-refractivity contribution is -0.120. The molecule has 2 aromatic rings. The number of rotatable bonds is 5. The van der Waals surface area contributed by atoms with Crippen LogP contribution in [0.15, 0.2) is 48.5 Å². The first kappa shape index (κ1) is 15.0. The van der Waals surface area contributed by atoms with Crippen molar-refractivity contribution in [2.24, 2.45) is 5.73 Å². The van der Waals surface area contributed by atoms with Gasteiger partial charge in [0.05, 0.1) is 6.42 Å². The third-order valence-electron chi connectivity index (χ3n) is 3.00. The molecule has 0 heterocycles. The van der Waals surface area contributed by atoms with Gasteiger partial charge in [0.25, 0.3) is 0 Å². The Morgan fingerprint density at radius 1 is 1.14 bits per heavy atom. The van der Waals surface area contributed by atoms with Crippen LogP contribution in [0.2, 0.25) is 0 Å². The van der Waals surface area contributed by atoms with E-state index in [0.29, 0.717) is 11.5 Å². The first-order valence-electron chi connectivity index (χ1n) is 6.48. The Labute approximate surface area is 128 Å². The fraction of sp³-hybridized carbons (Fsp3) is 0.125. The highest BCUT2D eigenvalue weighted by Crippen LogP contribution is 2.11. The minimum absolute atomic E-state index is 0.0981. The van der Waals surface area contributed by atoms with Crippen molar-refractivity contribution in [3.05, 3.63) is 65.2 Å². The molecule has 1 amide bonds. The number of aromatic hydroxyl groups is 1. The zero-order valence-corrected chi connectivity index (χ0v) is 12.2. The highest BCUT2D eigenvalue weighted by Gasteiger charge is 2.04. The number of carbonyl (C=O) groups is 1. The number of hydrogen-bond acceptors (Lipinski definition) is 3. The molecular formula is C16H16N2O2S. The van der Waals surface area contributed by atoms with E-state index < -0.39 is 0 Å². The van der Waals surface area contributed by atoms with E-state index in [-0.39, 0.29) is 18.1 Å². The van der Waals surface area contributed by atoms with E-state index in [9.17, 15) is 9.90 Å². The van der Waals surface area contributed by atoms with Crippen LogP contribution in [0.3, 0.4) is 0 Å². The Hall–Kier alpha value is -2.40. The fourth-order valence-electron chi connectivity index (χ4n) is 1.90. The zero-order valence-electron chi connectivity index (χ0n) is 11.4. The van der Waals surface area contributed by atoms with Gasteiger partial charge in [-0.25, -0.2) is 0 Å². The summed E-state index contributed by atoms with van der Waals surface area (Å²) in [6, 6.07) is 14.1. The molecule has 5 heteroatoms. The fourth-order valence-corrected chi connectivity index (χ4v) is 2.04. The second-order valence-corrected chi connectivity index (χ2v) is 5.12. The van der Waals surface area contributed by atoms with Crippen molar-refractivity contribution in [2.75, 3.05) is 0 Å². The van der Waals surface area contributed by atoms with Crippen molar-refractivity contribution in [3.8, 4) is 5.75 Å². The molecule has 0 aromatic heterocycles. The summed E-state index contributed by atoms with van der Waals surface area (Å²) in [5, 5.41) is 12.2. The minimum atomic E-state index is -0.0981. The molecule has 2 aromatic carbocycles. The van der Waals surface area contributed by atoms with Crippen molar-refractivity contribution in [3.63, 3.8) is 0 Å². The Balaban J connectivity index is 1.87. The van der Waals surface area contributed by atoms with Crippen molar-refractivity contribution < 1.29 is 9.90 Å². The van der Waals surface area contributed by atoms with Crippen LogP contribution in [0, 0.1) is 0 Å². The number of thiocarbonyl (C=S) groups is 1. The Morgan fingerprint density at radius 3 is 2.48 bits per heavy atom. The zero-order chi connectivity index (χ0) is 15.2. The molecule has 0 aliphatic carbocycles. The molecule has 0 fully saturated rings. The molecule has 0 radical (unpaired) electrons. The molecule has 108 valence electrons. The monoisotopic (exact) mass is 300 g/mol. The van der Waals surface area contributed by atoms with Crippen molar-refractivity contribution in [1.82, 2.24) is 5.32 Å². The van der Waals surface area contributed by atoms with E-state index in [1.165, 1.54) is 0 Å². The number of nitrogens with one attached hydrogen (secondary N) is 1. The van der Waals surface area contributed by atoms with Gasteiger partial charge in [-0.05, 0) is 23.3 Å². The Kier molecular flexibility index (Phi) is 4.90. The van der Waals surface area contributed by atoms with Gasteiger partial charge in [0, 0.05) is 12.1 Å².